The third kappa shape index (κ3) is 5.49. The minimum atomic E-state index is -0.192. The largest absolute Gasteiger partial charge is 0.352 e. The van der Waals surface area contributed by atoms with Gasteiger partial charge in [0.15, 0.2) is 0 Å². The van der Waals surface area contributed by atoms with Crippen LogP contribution in [0.3, 0.4) is 0 Å². The molecular weight excluding hydrogens is 358 g/mol. The van der Waals surface area contributed by atoms with Crippen LogP contribution in [-0.2, 0) is 4.79 Å². The Balaban J connectivity index is 1.74. The van der Waals surface area contributed by atoms with Crippen molar-refractivity contribution in [2.45, 2.75) is 19.4 Å². The Hall–Kier alpha value is -2.21. The van der Waals surface area contributed by atoms with Crippen LogP contribution in [0.15, 0.2) is 53.1 Å². The average molecular weight is 376 g/mol. The molecule has 1 unspecified atom stereocenters. The van der Waals surface area contributed by atoms with E-state index in [1.54, 1.807) is 30.5 Å². The molecule has 0 aliphatic heterocycles. The van der Waals surface area contributed by atoms with Gasteiger partial charge in [-0.3, -0.25) is 14.6 Å². The van der Waals surface area contributed by atoms with Gasteiger partial charge in [0.1, 0.15) is 0 Å². The van der Waals surface area contributed by atoms with E-state index in [2.05, 4.69) is 31.5 Å². The second-order valence-electron chi connectivity index (χ2n) is 5.06. The zero-order valence-corrected chi connectivity index (χ0v) is 14.3. The predicted octanol–water partition coefficient (Wildman–Crippen LogP) is 2.84. The fourth-order valence-electron chi connectivity index (χ4n) is 2.01. The second kappa shape index (κ2) is 8.43. The van der Waals surface area contributed by atoms with Crippen LogP contribution >= 0.6 is 15.9 Å². The van der Waals surface area contributed by atoms with E-state index in [0.29, 0.717) is 5.56 Å². The van der Waals surface area contributed by atoms with Crippen molar-refractivity contribution >= 4 is 27.7 Å². The summed E-state index contributed by atoms with van der Waals surface area (Å²) >= 11 is 3.32. The summed E-state index contributed by atoms with van der Waals surface area (Å²) in [5, 5.41) is 5.59. The first-order valence-corrected chi connectivity index (χ1v) is 8.09. The number of pyridine rings is 1. The standard InChI is InChI=1S/C17H18BrN3O2/c1-12(15-4-2-3-10-19-15)21-16(22)9-11-20-17(23)13-5-7-14(18)8-6-13/h2-8,10,12H,9,11H2,1H3,(H,20,23)(H,21,22). The minimum absolute atomic E-state index is 0.126. The van der Waals surface area contributed by atoms with Crippen LogP contribution in [0.25, 0.3) is 0 Å². The monoisotopic (exact) mass is 375 g/mol. The van der Waals surface area contributed by atoms with Gasteiger partial charge < -0.3 is 10.6 Å². The molecule has 0 aliphatic carbocycles. The number of carbonyl (C=O) groups is 2. The van der Waals surface area contributed by atoms with Crippen molar-refractivity contribution in [1.82, 2.24) is 15.6 Å². The van der Waals surface area contributed by atoms with Gasteiger partial charge in [0.05, 0.1) is 11.7 Å². The average Bonchev–Trinajstić information content (AvgIpc) is 2.56. The first-order chi connectivity index (χ1) is 11.1. The van der Waals surface area contributed by atoms with Crippen LogP contribution in [0.2, 0.25) is 0 Å². The molecule has 5 nitrogen and oxygen atoms in total. The number of nitrogens with one attached hydrogen (secondary N) is 2. The molecule has 6 heteroatoms. The molecule has 0 saturated heterocycles. The molecule has 0 saturated carbocycles. The lowest BCUT2D eigenvalue weighted by molar-refractivity contribution is -0.121. The fraction of sp³-hybridized carbons (Fsp3) is 0.235. The molecule has 1 heterocycles. The van der Waals surface area contributed by atoms with Crippen LogP contribution in [0.1, 0.15) is 35.4 Å². The van der Waals surface area contributed by atoms with Crippen LogP contribution in [0.4, 0.5) is 0 Å². The highest BCUT2D eigenvalue weighted by Gasteiger charge is 2.11. The van der Waals surface area contributed by atoms with E-state index in [1.807, 2.05) is 25.1 Å². The summed E-state index contributed by atoms with van der Waals surface area (Å²) in [6.45, 7) is 2.16. The molecule has 0 spiro atoms. The quantitative estimate of drug-likeness (QED) is 0.815. The van der Waals surface area contributed by atoms with E-state index < -0.39 is 0 Å². The Morgan fingerprint density at radius 3 is 2.57 bits per heavy atom. The smallest absolute Gasteiger partial charge is 0.251 e. The first kappa shape index (κ1) is 17.1. The SMILES string of the molecule is CC(NC(=O)CCNC(=O)c1ccc(Br)cc1)c1ccccn1. The van der Waals surface area contributed by atoms with Gasteiger partial charge in [0, 0.05) is 29.2 Å². The predicted molar refractivity (Wildman–Crippen MR) is 91.9 cm³/mol. The number of rotatable bonds is 6. The summed E-state index contributed by atoms with van der Waals surface area (Å²) in [5.74, 6) is -0.317. The van der Waals surface area contributed by atoms with Crippen molar-refractivity contribution < 1.29 is 9.59 Å². The topological polar surface area (TPSA) is 71.1 Å². The minimum Gasteiger partial charge on any atom is -0.352 e. The zero-order chi connectivity index (χ0) is 16.7. The summed E-state index contributed by atoms with van der Waals surface area (Å²) < 4.78 is 0.914. The van der Waals surface area contributed by atoms with Gasteiger partial charge in [0.2, 0.25) is 5.91 Å². The van der Waals surface area contributed by atoms with Crippen molar-refractivity contribution in [3.05, 3.63) is 64.4 Å². The third-order valence-electron chi connectivity index (χ3n) is 3.25. The molecule has 2 aromatic rings. The molecule has 23 heavy (non-hydrogen) atoms. The van der Waals surface area contributed by atoms with Crippen LogP contribution < -0.4 is 10.6 Å². The van der Waals surface area contributed by atoms with Gasteiger partial charge in [-0.1, -0.05) is 22.0 Å². The number of hydrogen-bond acceptors (Lipinski definition) is 3. The lowest BCUT2D eigenvalue weighted by atomic mass is 10.2. The molecule has 0 fully saturated rings. The van der Waals surface area contributed by atoms with Crippen molar-refractivity contribution in [3.8, 4) is 0 Å². The van der Waals surface area contributed by atoms with E-state index in [4.69, 9.17) is 0 Å². The zero-order valence-electron chi connectivity index (χ0n) is 12.8. The first-order valence-electron chi connectivity index (χ1n) is 7.30. The number of nitrogens with zero attached hydrogens (tertiary/aromatic N) is 1. The van der Waals surface area contributed by atoms with Gasteiger partial charge >= 0.3 is 0 Å². The Morgan fingerprint density at radius 1 is 1.17 bits per heavy atom. The molecule has 2 N–H and O–H groups in total. The Morgan fingerprint density at radius 2 is 1.91 bits per heavy atom. The number of hydrogen-bond donors (Lipinski definition) is 2. The van der Waals surface area contributed by atoms with E-state index >= 15 is 0 Å². The molecule has 2 rings (SSSR count). The summed E-state index contributed by atoms with van der Waals surface area (Å²) in [4.78, 5) is 28.0. The van der Waals surface area contributed by atoms with Crippen molar-refractivity contribution in [2.75, 3.05) is 6.54 Å². The van der Waals surface area contributed by atoms with Gasteiger partial charge in [-0.15, -0.1) is 0 Å². The van der Waals surface area contributed by atoms with Gasteiger partial charge in [0.25, 0.3) is 5.91 Å². The van der Waals surface area contributed by atoms with E-state index in [0.717, 1.165) is 10.2 Å². The maximum absolute atomic E-state index is 11.9. The van der Waals surface area contributed by atoms with Crippen molar-refractivity contribution in [2.24, 2.45) is 0 Å². The number of amides is 2. The number of benzene rings is 1. The third-order valence-corrected chi connectivity index (χ3v) is 3.78. The highest BCUT2D eigenvalue weighted by Crippen LogP contribution is 2.10. The maximum atomic E-state index is 11.9. The van der Waals surface area contributed by atoms with E-state index in [1.165, 1.54) is 0 Å². The molecule has 1 atom stereocenters. The Kier molecular flexibility index (Phi) is 6.29. The lowest BCUT2D eigenvalue weighted by Gasteiger charge is -2.13. The Labute approximate surface area is 143 Å². The second-order valence-corrected chi connectivity index (χ2v) is 5.97. The molecule has 0 radical (unpaired) electrons. The molecule has 1 aromatic carbocycles. The lowest BCUT2D eigenvalue weighted by Crippen LogP contribution is -2.32. The molecule has 2 amide bonds. The van der Waals surface area contributed by atoms with Gasteiger partial charge in [-0.05, 0) is 43.3 Å². The van der Waals surface area contributed by atoms with Crippen LogP contribution in [0, 0.1) is 0 Å². The van der Waals surface area contributed by atoms with Crippen LogP contribution in [0.5, 0.6) is 0 Å². The van der Waals surface area contributed by atoms with Crippen molar-refractivity contribution in [3.63, 3.8) is 0 Å². The normalized spacial score (nSPS) is 11.6. The van der Waals surface area contributed by atoms with Gasteiger partial charge in [-0.2, -0.15) is 0 Å². The number of carbonyl (C=O) groups excluding carboxylic acids is 2. The van der Waals surface area contributed by atoms with Crippen LogP contribution in [-0.4, -0.2) is 23.3 Å². The highest BCUT2D eigenvalue weighted by molar-refractivity contribution is 9.10. The fourth-order valence-corrected chi connectivity index (χ4v) is 2.28. The summed E-state index contributed by atoms with van der Waals surface area (Å²) in [6, 6.07) is 12.5. The summed E-state index contributed by atoms with van der Waals surface area (Å²) in [5.41, 5.74) is 1.37. The number of halogens is 1. The molecule has 0 aliphatic rings. The maximum Gasteiger partial charge on any atom is 0.251 e. The molecule has 0 bridgehead atoms. The van der Waals surface area contributed by atoms with Gasteiger partial charge in [-0.25, -0.2) is 0 Å². The van der Waals surface area contributed by atoms with E-state index in [9.17, 15) is 9.59 Å². The Bertz CT molecular complexity index is 659. The molecule has 120 valence electrons. The van der Waals surface area contributed by atoms with Crippen molar-refractivity contribution in [1.29, 1.82) is 0 Å². The summed E-state index contributed by atoms with van der Waals surface area (Å²) in [6.07, 6.45) is 1.91. The van der Waals surface area contributed by atoms with E-state index in [-0.39, 0.29) is 30.8 Å². The summed E-state index contributed by atoms with van der Waals surface area (Å²) in [7, 11) is 0. The highest BCUT2D eigenvalue weighted by atomic mass is 79.9. The molecular formula is C17H18BrN3O2. The molecule has 1 aromatic heterocycles. The number of aromatic nitrogens is 1.